The van der Waals surface area contributed by atoms with Gasteiger partial charge in [0.25, 0.3) is 0 Å². The number of sulfone groups is 1. The van der Waals surface area contributed by atoms with Crippen molar-refractivity contribution in [2.24, 2.45) is 5.92 Å². The first kappa shape index (κ1) is 19.9. The van der Waals surface area contributed by atoms with Crippen molar-refractivity contribution in [2.45, 2.75) is 30.7 Å². The Morgan fingerprint density at radius 3 is 2.35 bits per heavy atom. The van der Waals surface area contributed by atoms with Gasteiger partial charge in [0.15, 0.2) is 9.84 Å². The summed E-state index contributed by atoms with van der Waals surface area (Å²) in [6.07, 6.45) is 3.72. The molecule has 7 heteroatoms. The van der Waals surface area contributed by atoms with Crippen molar-refractivity contribution in [3.05, 3.63) is 29.8 Å². The van der Waals surface area contributed by atoms with Crippen LogP contribution in [0.3, 0.4) is 0 Å². The number of carbonyl (C=O) groups is 1. The van der Waals surface area contributed by atoms with Crippen molar-refractivity contribution in [3.63, 3.8) is 0 Å². The molecule has 0 aliphatic heterocycles. The van der Waals surface area contributed by atoms with Crippen LogP contribution in [0.2, 0.25) is 0 Å². The molecule has 0 saturated heterocycles. The summed E-state index contributed by atoms with van der Waals surface area (Å²) >= 11 is 0. The molecule has 0 spiro atoms. The third-order valence-electron chi connectivity index (χ3n) is 4.17. The van der Waals surface area contributed by atoms with E-state index in [0.29, 0.717) is 11.4 Å². The van der Waals surface area contributed by atoms with Crippen LogP contribution in [0.5, 0.6) is 0 Å². The monoisotopic (exact) mass is 360 g/mol. The van der Waals surface area contributed by atoms with Gasteiger partial charge in [-0.05, 0) is 49.9 Å². The number of halogens is 1. The predicted molar refractivity (Wildman–Crippen MR) is 93.6 cm³/mol. The molecule has 130 valence electrons. The molecule has 0 aromatic heterocycles. The number of amides is 1. The summed E-state index contributed by atoms with van der Waals surface area (Å²) in [5.41, 5.74) is 0.922. The third kappa shape index (κ3) is 5.79. The smallest absolute Gasteiger partial charge is 0.236 e. The highest BCUT2D eigenvalue weighted by atomic mass is 35.5. The minimum absolute atomic E-state index is 0. The van der Waals surface area contributed by atoms with Gasteiger partial charge in [0, 0.05) is 13.3 Å². The Balaban J connectivity index is 0.00000264. The van der Waals surface area contributed by atoms with Crippen molar-refractivity contribution < 1.29 is 13.2 Å². The first-order chi connectivity index (χ1) is 10.3. The number of likely N-dealkylation sites (N-methyl/N-ethyl adjacent to an activating group) is 1. The van der Waals surface area contributed by atoms with Crippen LogP contribution in [0.15, 0.2) is 29.2 Å². The quantitative estimate of drug-likeness (QED) is 0.808. The van der Waals surface area contributed by atoms with Crippen molar-refractivity contribution >= 4 is 28.2 Å². The molecule has 1 unspecified atom stereocenters. The second-order valence-electron chi connectivity index (χ2n) is 6.10. The number of hydrogen-bond acceptors (Lipinski definition) is 4. The molecule has 1 aromatic rings. The molecule has 0 heterocycles. The second kappa shape index (κ2) is 8.13. The zero-order chi connectivity index (χ0) is 16.3. The molecule has 1 saturated carbocycles. The summed E-state index contributed by atoms with van der Waals surface area (Å²) in [6, 6.07) is 6.62. The first-order valence-corrected chi connectivity index (χ1v) is 9.44. The fraction of sp³-hybridized carbons (Fsp3) is 0.562. The maximum absolute atomic E-state index is 12.2. The Labute approximate surface area is 144 Å². The van der Waals surface area contributed by atoms with Crippen LogP contribution < -0.4 is 5.32 Å². The molecule has 0 radical (unpaired) electrons. The zero-order valence-electron chi connectivity index (χ0n) is 13.8. The van der Waals surface area contributed by atoms with Gasteiger partial charge in [-0.1, -0.05) is 12.1 Å². The van der Waals surface area contributed by atoms with E-state index in [1.165, 1.54) is 19.1 Å². The molecule has 1 amide bonds. The van der Waals surface area contributed by atoms with Crippen LogP contribution in [0.1, 0.15) is 31.4 Å². The second-order valence-corrected chi connectivity index (χ2v) is 8.11. The van der Waals surface area contributed by atoms with Crippen molar-refractivity contribution in [1.82, 2.24) is 10.2 Å². The summed E-state index contributed by atoms with van der Waals surface area (Å²) in [7, 11) is -1.41. The molecule has 0 bridgehead atoms. The maximum Gasteiger partial charge on any atom is 0.236 e. The lowest BCUT2D eigenvalue weighted by Crippen LogP contribution is -2.37. The highest BCUT2D eigenvalue weighted by Crippen LogP contribution is 2.27. The van der Waals surface area contributed by atoms with Crippen LogP contribution >= 0.6 is 12.4 Å². The molecule has 5 nitrogen and oxygen atoms in total. The average Bonchev–Trinajstić information content (AvgIpc) is 3.29. The van der Waals surface area contributed by atoms with Gasteiger partial charge in [0.2, 0.25) is 5.91 Å². The summed E-state index contributed by atoms with van der Waals surface area (Å²) in [6.45, 7) is 3.20. The van der Waals surface area contributed by atoms with E-state index in [4.69, 9.17) is 0 Å². The van der Waals surface area contributed by atoms with E-state index < -0.39 is 9.84 Å². The molecule has 1 atom stereocenters. The molecule has 1 N–H and O–H groups in total. The largest absolute Gasteiger partial charge is 0.338 e. The average molecular weight is 361 g/mol. The molecule has 2 rings (SSSR count). The van der Waals surface area contributed by atoms with Crippen molar-refractivity contribution in [3.8, 4) is 0 Å². The van der Waals surface area contributed by atoms with Gasteiger partial charge >= 0.3 is 0 Å². The minimum Gasteiger partial charge on any atom is -0.338 e. The standard InChI is InChI=1S/C16H24N2O3S.ClH/c1-12(14-6-8-15(9-7-14)22(3,20)21)18(2)16(19)11-17-10-13-4-5-13;/h6-9,12-13,17H,4-5,10-11H2,1-3H3;1H. The van der Waals surface area contributed by atoms with Crippen LogP contribution in [0.25, 0.3) is 0 Å². The number of carbonyl (C=O) groups excluding carboxylic acids is 1. The fourth-order valence-corrected chi connectivity index (χ4v) is 2.89. The molecular weight excluding hydrogens is 336 g/mol. The Kier molecular flexibility index (Phi) is 7.04. The number of benzene rings is 1. The molecule has 1 fully saturated rings. The van der Waals surface area contributed by atoms with Gasteiger partial charge in [0.05, 0.1) is 17.5 Å². The number of nitrogens with one attached hydrogen (secondary N) is 1. The van der Waals surface area contributed by atoms with Gasteiger partial charge in [-0.15, -0.1) is 12.4 Å². The van der Waals surface area contributed by atoms with E-state index in [1.807, 2.05) is 6.92 Å². The zero-order valence-corrected chi connectivity index (χ0v) is 15.4. The predicted octanol–water partition coefficient (Wildman–Crippen LogP) is 2.03. The van der Waals surface area contributed by atoms with Gasteiger partial charge in [-0.3, -0.25) is 4.79 Å². The molecule has 1 aromatic carbocycles. The highest BCUT2D eigenvalue weighted by Gasteiger charge is 2.22. The minimum atomic E-state index is -3.19. The van der Waals surface area contributed by atoms with Crippen LogP contribution in [-0.2, 0) is 14.6 Å². The van der Waals surface area contributed by atoms with E-state index in [1.54, 1.807) is 36.2 Å². The van der Waals surface area contributed by atoms with Crippen LogP contribution in [-0.4, -0.2) is 45.6 Å². The van der Waals surface area contributed by atoms with Gasteiger partial charge < -0.3 is 10.2 Å². The Morgan fingerprint density at radius 2 is 1.87 bits per heavy atom. The van der Waals surface area contributed by atoms with E-state index in [2.05, 4.69) is 5.32 Å². The molecule has 1 aliphatic carbocycles. The molecular formula is C16H25ClN2O3S. The lowest BCUT2D eigenvalue weighted by atomic mass is 10.1. The van der Waals surface area contributed by atoms with Gasteiger partial charge in [-0.25, -0.2) is 8.42 Å². The lowest BCUT2D eigenvalue weighted by Gasteiger charge is -2.25. The summed E-state index contributed by atoms with van der Waals surface area (Å²) in [5.74, 6) is 0.791. The van der Waals surface area contributed by atoms with E-state index >= 15 is 0 Å². The summed E-state index contributed by atoms with van der Waals surface area (Å²) in [5, 5.41) is 3.19. The van der Waals surface area contributed by atoms with Gasteiger partial charge in [0.1, 0.15) is 0 Å². The van der Waals surface area contributed by atoms with E-state index in [-0.39, 0.29) is 24.4 Å². The SMILES string of the molecule is CC(c1ccc(S(C)(=O)=O)cc1)N(C)C(=O)CNCC1CC1.Cl. The lowest BCUT2D eigenvalue weighted by molar-refractivity contribution is -0.130. The third-order valence-corrected chi connectivity index (χ3v) is 5.30. The van der Waals surface area contributed by atoms with E-state index in [0.717, 1.165) is 18.0 Å². The normalized spacial score (nSPS) is 15.6. The fourth-order valence-electron chi connectivity index (χ4n) is 2.26. The highest BCUT2D eigenvalue weighted by molar-refractivity contribution is 7.90. The number of rotatable bonds is 7. The van der Waals surface area contributed by atoms with E-state index in [9.17, 15) is 13.2 Å². The molecule has 1 aliphatic rings. The summed E-state index contributed by atoms with van der Waals surface area (Å²) in [4.78, 5) is 14.1. The van der Waals surface area contributed by atoms with Crippen molar-refractivity contribution in [1.29, 1.82) is 0 Å². The van der Waals surface area contributed by atoms with Crippen LogP contribution in [0, 0.1) is 5.92 Å². The number of hydrogen-bond donors (Lipinski definition) is 1. The first-order valence-electron chi connectivity index (χ1n) is 7.55. The Hall–Kier alpha value is -1.11. The summed E-state index contributed by atoms with van der Waals surface area (Å²) < 4.78 is 22.9. The maximum atomic E-state index is 12.2. The Morgan fingerprint density at radius 1 is 1.30 bits per heavy atom. The van der Waals surface area contributed by atoms with Gasteiger partial charge in [-0.2, -0.15) is 0 Å². The number of nitrogens with zero attached hydrogens (tertiary/aromatic N) is 1. The van der Waals surface area contributed by atoms with Crippen LogP contribution in [0.4, 0.5) is 0 Å². The molecule has 23 heavy (non-hydrogen) atoms. The Bertz CT molecular complexity index is 627. The van der Waals surface area contributed by atoms with Crippen molar-refractivity contribution in [2.75, 3.05) is 26.4 Å². The topological polar surface area (TPSA) is 66.5 Å².